The van der Waals surface area contributed by atoms with E-state index in [9.17, 15) is 14.4 Å². The number of H-pyrrole nitrogens is 1. The van der Waals surface area contributed by atoms with Crippen molar-refractivity contribution in [2.75, 3.05) is 18.2 Å². The number of methoxy groups -OCH3 is 1. The smallest absolute Gasteiger partial charge is 0.338 e. The van der Waals surface area contributed by atoms with Crippen LogP contribution in [0.3, 0.4) is 0 Å². The van der Waals surface area contributed by atoms with E-state index < -0.39 is 11.5 Å². The average molecular weight is 409 g/mol. The Morgan fingerprint density at radius 3 is 2.83 bits per heavy atom. The minimum Gasteiger partial charge on any atom is -0.465 e. The van der Waals surface area contributed by atoms with Gasteiger partial charge in [-0.1, -0.05) is 17.8 Å². The fourth-order valence-corrected chi connectivity index (χ4v) is 3.24. The topological polar surface area (TPSA) is 138 Å². The van der Waals surface area contributed by atoms with E-state index >= 15 is 0 Å². The van der Waals surface area contributed by atoms with Gasteiger partial charge in [0.15, 0.2) is 10.8 Å². The lowest BCUT2D eigenvalue weighted by Crippen LogP contribution is -2.18. The number of nitriles is 1. The predicted molar refractivity (Wildman–Crippen MR) is 107 cm³/mol. The third-order valence-corrected chi connectivity index (χ3v) is 4.68. The molecule has 10 heteroatoms. The Kier molecular flexibility index (Phi) is 5.90. The summed E-state index contributed by atoms with van der Waals surface area (Å²) in [7, 11) is 1.22. The minimum absolute atomic E-state index is 0.0269. The molecule has 29 heavy (non-hydrogen) atoms. The summed E-state index contributed by atoms with van der Waals surface area (Å²) < 4.78 is 4.71. The number of carbonyl (C=O) groups is 2. The molecule has 0 radical (unpaired) electrons. The van der Waals surface area contributed by atoms with Crippen molar-refractivity contribution >= 4 is 40.4 Å². The number of benzene rings is 1. The van der Waals surface area contributed by atoms with Crippen LogP contribution in [0.1, 0.15) is 21.6 Å². The second kappa shape index (κ2) is 8.53. The minimum atomic E-state index is -0.660. The van der Waals surface area contributed by atoms with Crippen LogP contribution < -0.4 is 10.9 Å². The Balaban J connectivity index is 1.80. The molecule has 0 aliphatic rings. The first kappa shape index (κ1) is 20.0. The molecule has 0 fully saturated rings. The van der Waals surface area contributed by atoms with Gasteiger partial charge in [-0.25, -0.2) is 14.8 Å². The number of ether oxygens (including phenoxy) is 1. The number of esters is 1. The van der Waals surface area contributed by atoms with Gasteiger partial charge >= 0.3 is 5.97 Å². The molecule has 146 valence electrons. The molecule has 0 saturated carbocycles. The van der Waals surface area contributed by atoms with E-state index in [1.54, 1.807) is 31.2 Å². The van der Waals surface area contributed by atoms with Crippen LogP contribution in [0.15, 0.2) is 40.3 Å². The molecule has 3 aromatic rings. The summed E-state index contributed by atoms with van der Waals surface area (Å²) in [5.74, 6) is -1.02. The zero-order valence-electron chi connectivity index (χ0n) is 15.5. The lowest BCUT2D eigenvalue weighted by atomic mass is 10.1. The molecule has 0 spiro atoms. The van der Waals surface area contributed by atoms with E-state index in [0.717, 1.165) is 11.8 Å². The zero-order chi connectivity index (χ0) is 21.0. The van der Waals surface area contributed by atoms with E-state index in [-0.39, 0.29) is 33.4 Å². The molecule has 1 amide bonds. The molecule has 1 aromatic carbocycles. The van der Waals surface area contributed by atoms with Crippen molar-refractivity contribution in [3.8, 4) is 6.07 Å². The molecule has 0 saturated heterocycles. The van der Waals surface area contributed by atoms with Gasteiger partial charge in [0.05, 0.1) is 35.4 Å². The fraction of sp³-hybridized carbons (Fsp3) is 0.158. The van der Waals surface area contributed by atoms with Crippen LogP contribution in [0.25, 0.3) is 11.0 Å². The number of fused-ring (bicyclic) bond motifs is 1. The summed E-state index contributed by atoms with van der Waals surface area (Å²) in [5.41, 5.74) is 1.05. The largest absolute Gasteiger partial charge is 0.465 e. The van der Waals surface area contributed by atoms with Gasteiger partial charge in [0.2, 0.25) is 5.91 Å². The number of pyridine rings is 1. The number of carbonyl (C=O) groups excluding carboxylic acids is 2. The van der Waals surface area contributed by atoms with Crippen LogP contribution in [0.4, 0.5) is 5.69 Å². The van der Waals surface area contributed by atoms with Crippen molar-refractivity contribution in [1.82, 2.24) is 15.0 Å². The van der Waals surface area contributed by atoms with Crippen molar-refractivity contribution in [2.45, 2.75) is 12.1 Å². The second-order valence-corrected chi connectivity index (χ2v) is 6.87. The van der Waals surface area contributed by atoms with Crippen LogP contribution in [0.5, 0.6) is 0 Å². The molecule has 0 unspecified atom stereocenters. The molecule has 0 aliphatic heterocycles. The van der Waals surface area contributed by atoms with E-state index in [2.05, 4.69) is 20.3 Å². The van der Waals surface area contributed by atoms with Gasteiger partial charge in [-0.2, -0.15) is 5.26 Å². The van der Waals surface area contributed by atoms with Crippen molar-refractivity contribution in [3.63, 3.8) is 0 Å². The van der Waals surface area contributed by atoms with Gasteiger partial charge in [0.1, 0.15) is 0 Å². The van der Waals surface area contributed by atoms with Gasteiger partial charge in [0, 0.05) is 11.4 Å². The highest BCUT2D eigenvalue weighted by molar-refractivity contribution is 7.99. The number of rotatable bonds is 5. The van der Waals surface area contributed by atoms with E-state index in [1.165, 1.54) is 13.2 Å². The normalized spacial score (nSPS) is 10.4. The molecule has 0 aliphatic carbocycles. The average Bonchev–Trinajstić information content (AvgIpc) is 2.70. The number of hydrogen-bond acceptors (Lipinski definition) is 8. The maximum Gasteiger partial charge on any atom is 0.338 e. The number of aromatic nitrogens is 3. The van der Waals surface area contributed by atoms with Gasteiger partial charge < -0.3 is 15.0 Å². The fourth-order valence-electron chi connectivity index (χ4n) is 2.58. The molecule has 2 heterocycles. The third kappa shape index (κ3) is 4.59. The third-order valence-electron chi connectivity index (χ3n) is 3.80. The zero-order valence-corrected chi connectivity index (χ0v) is 16.3. The number of aromatic amines is 1. The molecule has 2 N–H and O–H groups in total. The molecular weight excluding hydrogens is 394 g/mol. The Hall–Kier alpha value is -3.71. The maximum atomic E-state index is 12.5. The molecule has 0 atom stereocenters. The van der Waals surface area contributed by atoms with Crippen LogP contribution in [0.2, 0.25) is 0 Å². The van der Waals surface area contributed by atoms with E-state index in [1.807, 2.05) is 6.07 Å². The summed E-state index contributed by atoms with van der Waals surface area (Å²) in [4.78, 5) is 47.6. The highest BCUT2D eigenvalue weighted by atomic mass is 32.2. The summed E-state index contributed by atoms with van der Waals surface area (Å²) in [5, 5.41) is 11.8. The molecular formula is C19H15N5O4S. The molecule has 9 nitrogen and oxygen atoms in total. The number of aryl methyl sites for hydroxylation is 1. The predicted octanol–water partition coefficient (Wildman–Crippen LogP) is 2.02. The summed E-state index contributed by atoms with van der Waals surface area (Å²) in [6, 6.07) is 9.97. The van der Waals surface area contributed by atoms with E-state index in [0.29, 0.717) is 16.9 Å². The number of nitrogens with zero attached hydrogens (tertiary/aromatic N) is 3. The number of nitrogens with one attached hydrogen (secondary N) is 2. The number of thioether (sulfide) groups is 1. The number of amides is 1. The monoisotopic (exact) mass is 409 g/mol. The lowest BCUT2D eigenvalue weighted by Gasteiger charge is -2.07. The lowest BCUT2D eigenvalue weighted by molar-refractivity contribution is -0.113. The Morgan fingerprint density at radius 1 is 1.31 bits per heavy atom. The van der Waals surface area contributed by atoms with E-state index in [4.69, 9.17) is 10.00 Å². The van der Waals surface area contributed by atoms with Crippen molar-refractivity contribution in [3.05, 3.63) is 57.5 Å². The van der Waals surface area contributed by atoms with Gasteiger partial charge in [-0.3, -0.25) is 9.59 Å². The first-order chi connectivity index (χ1) is 13.9. The summed E-state index contributed by atoms with van der Waals surface area (Å²) >= 11 is 1.01. The van der Waals surface area contributed by atoms with Crippen LogP contribution >= 0.6 is 11.8 Å². The standard InChI is InChI=1S/C19H15N5O4S/c1-10-6-13(18(27)28-2)15-16(21-10)23-19(24-17(15)26)29-9-14(25)22-12-5-3-4-11(7-12)8-20/h3-7H,9H2,1-2H3,(H,22,25)(H,21,23,24,26). The molecule has 0 bridgehead atoms. The molecule has 3 rings (SSSR count). The quantitative estimate of drug-likeness (QED) is 0.371. The highest BCUT2D eigenvalue weighted by Gasteiger charge is 2.18. The summed E-state index contributed by atoms with van der Waals surface area (Å²) in [6.07, 6.45) is 0. The number of hydrogen-bond donors (Lipinski definition) is 2. The van der Waals surface area contributed by atoms with Crippen molar-refractivity contribution in [2.24, 2.45) is 0 Å². The van der Waals surface area contributed by atoms with Gasteiger partial charge in [-0.05, 0) is 31.2 Å². The first-order valence-corrected chi connectivity index (χ1v) is 9.32. The van der Waals surface area contributed by atoms with Crippen LogP contribution in [-0.4, -0.2) is 39.7 Å². The Morgan fingerprint density at radius 2 is 2.10 bits per heavy atom. The van der Waals surface area contributed by atoms with Gasteiger partial charge in [0.25, 0.3) is 5.56 Å². The summed E-state index contributed by atoms with van der Waals surface area (Å²) in [6.45, 7) is 1.67. The van der Waals surface area contributed by atoms with Crippen molar-refractivity contribution < 1.29 is 14.3 Å². The van der Waals surface area contributed by atoms with Crippen LogP contribution in [0, 0.1) is 18.3 Å². The SMILES string of the molecule is COC(=O)c1cc(C)nc2nc(SCC(=O)Nc3cccc(C#N)c3)[nH]c(=O)c12. The molecule has 2 aromatic heterocycles. The van der Waals surface area contributed by atoms with Crippen molar-refractivity contribution in [1.29, 1.82) is 5.26 Å². The first-order valence-electron chi connectivity index (χ1n) is 8.34. The maximum absolute atomic E-state index is 12.5. The number of anilines is 1. The second-order valence-electron chi connectivity index (χ2n) is 5.90. The Bertz CT molecular complexity index is 1220. The Labute approximate surface area is 169 Å². The highest BCUT2D eigenvalue weighted by Crippen LogP contribution is 2.18. The van der Waals surface area contributed by atoms with Gasteiger partial charge in [-0.15, -0.1) is 0 Å². The van der Waals surface area contributed by atoms with Crippen LogP contribution in [-0.2, 0) is 9.53 Å².